The molecule has 1 aliphatic heterocycles. The topological polar surface area (TPSA) is 55.6 Å². The second-order valence-corrected chi connectivity index (χ2v) is 6.40. The number of amides is 1. The molecule has 1 atom stereocenters. The standard InChI is InChI=1S/C16H21ClN2O2/c17-13-6-2-1-5-12(13)14-11-19(9-10-21-14)15(20)16(18)7-3-4-8-16/h1-2,5-6,14H,3-4,7-11,18H2. The molecule has 2 fully saturated rings. The van der Waals surface area contributed by atoms with Gasteiger partial charge in [0.25, 0.3) is 0 Å². The summed E-state index contributed by atoms with van der Waals surface area (Å²) >= 11 is 6.23. The van der Waals surface area contributed by atoms with E-state index in [1.54, 1.807) is 0 Å². The number of ether oxygens (including phenoxy) is 1. The number of nitrogens with two attached hydrogens (primary N) is 1. The minimum Gasteiger partial charge on any atom is -0.370 e. The number of halogens is 1. The number of hydrogen-bond acceptors (Lipinski definition) is 3. The molecule has 1 aliphatic carbocycles. The summed E-state index contributed by atoms with van der Waals surface area (Å²) in [6.07, 6.45) is 3.50. The Morgan fingerprint density at radius 1 is 1.33 bits per heavy atom. The van der Waals surface area contributed by atoms with Crippen LogP contribution in [0.2, 0.25) is 5.02 Å². The van der Waals surface area contributed by atoms with Gasteiger partial charge in [-0.25, -0.2) is 0 Å². The quantitative estimate of drug-likeness (QED) is 0.913. The number of carbonyl (C=O) groups excluding carboxylic acids is 1. The summed E-state index contributed by atoms with van der Waals surface area (Å²) in [5.41, 5.74) is 6.56. The smallest absolute Gasteiger partial charge is 0.242 e. The van der Waals surface area contributed by atoms with Gasteiger partial charge in [0.15, 0.2) is 0 Å². The Hall–Kier alpha value is -1.10. The Bertz CT molecular complexity index is 529. The van der Waals surface area contributed by atoms with Crippen LogP contribution in [0.1, 0.15) is 37.4 Å². The molecule has 1 aromatic carbocycles. The minimum absolute atomic E-state index is 0.0698. The van der Waals surface area contributed by atoms with Crippen LogP contribution in [0.15, 0.2) is 24.3 Å². The van der Waals surface area contributed by atoms with Crippen molar-refractivity contribution in [3.8, 4) is 0 Å². The average molecular weight is 309 g/mol. The van der Waals surface area contributed by atoms with E-state index < -0.39 is 5.54 Å². The molecule has 1 unspecified atom stereocenters. The lowest BCUT2D eigenvalue weighted by molar-refractivity contribution is -0.144. The van der Waals surface area contributed by atoms with E-state index in [2.05, 4.69) is 0 Å². The Labute approximate surface area is 130 Å². The zero-order valence-corrected chi connectivity index (χ0v) is 12.8. The van der Waals surface area contributed by atoms with E-state index in [9.17, 15) is 4.79 Å². The van der Waals surface area contributed by atoms with E-state index >= 15 is 0 Å². The van der Waals surface area contributed by atoms with Crippen molar-refractivity contribution < 1.29 is 9.53 Å². The minimum atomic E-state index is -0.664. The number of rotatable bonds is 2. The first-order valence-electron chi connectivity index (χ1n) is 7.54. The molecule has 3 rings (SSSR count). The molecule has 1 aromatic rings. The highest BCUT2D eigenvalue weighted by atomic mass is 35.5. The number of hydrogen-bond donors (Lipinski definition) is 1. The van der Waals surface area contributed by atoms with Crippen LogP contribution >= 0.6 is 11.6 Å². The van der Waals surface area contributed by atoms with E-state index in [-0.39, 0.29) is 12.0 Å². The number of morpholine rings is 1. The van der Waals surface area contributed by atoms with Gasteiger partial charge in [-0.3, -0.25) is 4.79 Å². The summed E-state index contributed by atoms with van der Waals surface area (Å²) in [5, 5.41) is 0.681. The third kappa shape index (κ3) is 2.93. The summed E-state index contributed by atoms with van der Waals surface area (Å²) in [7, 11) is 0. The van der Waals surface area contributed by atoms with Gasteiger partial charge in [-0.2, -0.15) is 0 Å². The first-order valence-corrected chi connectivity index (χ1v) is 7.92. The van der Waals surface area contributed by atoms with Crippen LogP contribution < -0.4 is 5.73 Å². The van der Waals surface area contributed by atoms with Crippen molar-refractivity contribution in [3.05, 3.63) is 34.9 Å². The molecule has 0 spiro atoms. The van der Waals surface area contributed by atoms with Gasteiger partial charge in [0, 0.05) is 17.1 Å². The summed E-state index contributed by atoms with van der Waals surface area (Å²) < 4.78 is 5.80. The molecule has 0 aromatic heterocycles. The number of nitrogens with zero attached hydrogens (tertiary/aromatic N) is 1. The van der Waals surface area contributed by atoms with Gasteiger partial charge >= 0.3 is 0 Å². The summed E-state index contributed by atoms with van der Waals surface area (Å²) in [6, 6.07) is 7.63. The number of benzene rings is 1. The molecular weight excluding hydrogens is 288 g/mol. The van der Waals surface area contributed by atoms with Gasteiger partial charge in [0.1, 0.15) is 6.10 Å². The molecule has 21 heavy (non-hydrogen) atoms. The van der Waals surface area contributed by atoms with E-state index in [4.69, 9.17) is 22.1 Å². The van der Waals surface area contributed by atoms with E-state index in [1.807, 2.05) is 29.2 Å². The van der Waals surface area contributed by atoms with Crippen molar-refractivity contribution in [1.82, 2.24) is 4.90 Å². The highest BCUT2D eigenvalue weighted by molar-refractivity contribution is 6.31. The van der Waals surface area contributed by atoms with Crippen LogP contribution in [0.25, 0.3) is 0 Å². The molecule has 1 amide bonds. The number of carbonyl (C=O) groups is 1. The zero-order valence-electron chi connectivity index (χ0n) is 12.1. The molecule has 1 saturated carbocycles. The fourth-order valence-corrected chi connectivity index (χ4v) is 3.55. The van der Waals surface area contributed by atoms with Crippen LogP contribution in [0.5, 0.6) is 0 Å². The van der Waals surface area contributed by atoms with Crippen LogP contribution in [0, 0.1) is 0 Å². The average Bonchev–Trinajstić information content (AvgIpc) is 2.95. The van der Waals surface area contributed by atoms with Crippen LogP contribution in [-0.2, 0) is 9.53 Å². The SMILES string of the molecule is NC1(C(=O)N2CCOC(c3ccccc3Cl)C2)CCCC1. The van der Waals surface area contributed by atoms with Gasteiger partial charge < -0.3 is 15.4 Å². The third-order valence-electron chi connectivity index (χ3n) is 4.53. The van der Waals surface area contributed by atoms with Gasteiger partial charge in [-0.15, -0.1) is 0 Å². The largest absolute Gasteiger partial charge is 0.370 e. The summed E-state index contributed by atoms with van der Waals surface area (Å²) in [6.45, 7) is 1.66. The Morgan fingerprint density at radius 2 is 2.05 bits per heavy atom. The maximum absolute atomic E-state index is 12.7. The fraction of sp³-hybridized carbons (Fsp3) is 0.562. The van der Waals surface area contributed by atoms with Crippen molar-refractivity contribution >= 4 is 17.5 Å². The lowest BCUT2D eigenvalue weighted by Gasteiger charge is -2.37. The molecule has 0 bridgehead atoms. The Morgan fingerprint density at radius 3 is 2.76 bits per heavy atom. The zero-order chi connectivity index (χ0) is 14.9. The van der Waals surface area contributed by atoms with Crippen molar-refractivity contribution in [2.45, 2.75) is 37.3 Å². The maximum Gasteiger partial charge on any atom is 0.242 e. The lowest BCUT2D eigenvalue weighted by atomic mass is 9.96. The van der Waals surface area contributed by atoms with Crippen LogP contribution in [-0.4, -0.2) is 36.0 Å². The third-order valence-corrected chi connectivity index (χ3v) is 4.87. The molecule has 2 N–H and O–H groups in total. The lowest BCUT2D eigenvalue weighted by Crippen LogP contribution is -2.56. The maximum atomic E-state index is 12.7. The van der Waals surface area contributed by atoms with Crippen LogP contribution in [0.3, 0.4) is 0 Å². The highest BCUT2D eigenvalue weighted by Crippen LogP contribution is 2.32. The molecule has 5 heteroatoms. The van der Waals surface area contributed by atoms with Crippen molar-refractivity contribution in [2.24, 2.45) is 5.73 Å². The Balaban J connectivity index is 1.74. The fourth-order valence-electron chi connectivity index (χ4n) is 3.29. The highest BCUT2D eigenvalue weighted by Gasteiger charge is 2.41. The molecule has 4 nitrogen and oxygen atoms in total. The van der Waals surface area contributed by atoms with E-state index in [0.717, 1.165) is 31.2 Å². The Kier molecular flexibility index (Phi) is 4.20. The molecule has 114 valence electrons. The first-order chi connectivity index (χ1) is 10.1. The monoisotopic (exact) mass is 308 g/mol. The van der Waals surface area contributed by atoms with Crippen molar-refractivity contribution in [3.63, 3.8) is 0 Å². The van der Waals surface area contributed by atoms with E-state index in [0.29, 0.717) is 24.7 Å². The predicted octanol–water partition coefficient (Wildman–Crippen LogP) is 2.51. The molecule has 2 aliphatic rings. The first kappa shape index (κ1) is 14.8. The summed E-state index contributed by atoms with van der Waals surface area (Å²) in [5.74, 6) is 0.0698. The molecule has 1 heterocycles. The van der Waals surface area contributed by atoms with Crippen LogP contribution in [0.4, 0.5) is 0 Å². The van der Waals surface area contributed by atoms with Gasteiger partial charge in [-0.05, 0) is 18.9 Å². The predicted molar refractivity (Wildman–Crippen MR) is 82.1 cm³/mol. The van der Waals surface area contributed by atoms with Gasteiger partial charge in [-0.1, -0.05) is 42.6 Å². The van der Waals surface area contributed by atoms with Crippen molar-refractivity contribution in [2.75, 3.05) is 19.7 Å². The van der Waals surface area contributed by atoms with Gasteiger partial charge in [0.05, 0.1) is 18.7 Å². The normalized spacial score (nSPS) is 25.0. The van der Waals surface area contributed by atoms with Crippen molar-refractivity contribution in [1.29, 1.82) is 0 Å². The molecule has 1 saturated heterocycles. The molecular formula is C16H21ClN2O2. The second-order valence-electron chi connectivity index (χ2n) is 6.00. The van der Waals surface area contributed by atoms with E-state index in [1.165, 1.54) is 0 Å². The molecule has 0 radical (unpaired) electrons. The summed E-state index contributed by atoms with van der Waals surface area (Å²) in [4.78, 5) is 14.5. The van der Waals surface area contributed by atoms with Gasteiger partial charge in [0.2, 0.25) is 5.91 Å². The second kappa shape index (κ2) is 5.95.